The monoisotopic (exact) mass is 245 g/mol. The lowest BCUT2D eigenvalue weighted by Gasteiger charge is -2.37. The van der Waals surface area contributed by atoms with Crippen molar-refractivity contribution < 1.29 is 19.0 Å². The number of likely N-dealkylation sites (tertiary alicyclic amines) is 1. The second-order valence-corrected chi connectivity index (χ2v) is 5.32. The maximum Gasteiger partial charge on any atom is 0.412 e. The molecule has 0 unspecified atom stereocenters. The summed E-state index contributed by atoms with van der Waals surface area (Å²) in [5.74, 6) is 0. The van der Waals surface area contributed by atoms with Crippen LogP contribution in [0.25, 0.3) is 0 Å². The highest BCUT2D eigenvalue weighted by molar-refractivity contribution is 5.69. The Bertz CT molecular complexity index is 274. The molecule has 0 N–H and O–H groups in total. The van der Waals surface area contributed by atoms with Gasteiger partial charge in [0.05, 0.1) is 6.61 Å². The van der Waals surface area contributed by atoms with Crippen molar-refractivity contribution in [2.45, 2.75) is 44.9 Å². The molecule has 0 aliphatic carbocycles. The van der Waals surface area contributed by atoms with Crippen LogP contribution in [0, 0.1) is 0 Å². The van der Waals surface area contributed by atoms with E-state index in [1.54, 1.807) is 19.1 Å². The van der Waals surface area contributed by atoms with Crippen LogP contribution in [0.3, 0.4) is 0 Å². The molecule has 1 heterocycles. The molecular weight excluding hydrogens is 222 g/mol. The highest BCUT2D eigenvalue weighted by Gasteiger charge is 2.45. The molecule has 0 radical (unpaired) electrons. The summed E-state index contributed by atoms with van der Waals surface area (Å²) in [5, 5.41) is 0. The topological polar surface area (TPSA) is 48.0 Å². The predicted molar refractivity (Wildman–Crippen MR) is 63.8 cm³/mol. The molecule has 0 aromatic rings. The fourth-order valence-corrected chi connectivity index (χ4v) is 2.07. The molecule has 1 saturated heterocycles. The molecule has 1 amide bonds. The quantitative estimate of drug-likeness (QED) is 0.763. The van der Waals surface area contributed by atoms with Gasteiger partial charge in [0.25, 0.3) is 0 Å². The van der Waals surface area contributed by atoms with Gasteiger partial charge in [-0.1, -0.05) is 0 Å². The minimum absolute atomic E-state index is 0.339. The SMILES string of the molecule is COC[C@]1(OC)CCCN1C(=O)OC(C)(C)C. The van der Waals surface area contributed by atoms with Gasteiger partial charge in [-0.15, -0.1) is 0 Å². The van der Waals surface area contributed by atoms with Crippen molar-refractivity contribution in [3.63, 3.8) is 0 Å². The van der Waals surface area contributed by atoms with Crippen LogP contribution in [0.5, 0.6) is 0 Å². The first-order valence-electron chi connectivity index (χ1n) is 5.89. The Kier molecular flexibility index (Phi) is 4.38. The number of carbonyl (C=O) groups is 1. The van der Waals surface area contributed by atoms with Gasteiger partial charge in [-0.3, -0.25) is 4.90 Å². The second-order valence-electron chi connectivity index (χ2n) is 5.32. The maximum atomic E-state index is 12.1. The molecule has 0 aromatic carbocycles. The Labute approximate surface area is 103 Å². The van der Waals surface area contributed by atoms with E-state index in [1.165, 1.54) is 0 Å². The van der Waals surface area contributed by atoms with Gasteiger partial charge in [-0.25, -0.2) is 4.79 Å². The van der Waals surface area contributed by atoms with Gasteiger partial charge in [0.15, 0.2) is 5.72 Å². The first-order valence-corrected chi connectivity index (χ1v) is 5.89. The molecule has 0 aromatic heterocycles. The zero-order valence-electron chi connectivity index (χ0n) is 11.4. The van der Waals surface area contributed by atoms with Gasteiger partial charge in [0.1, 0.15) is 5.60 Å². The minimum Gasteiger partial charge on any atom is -0.444 e. The molecule has 1 aliphatic rings. The summed E-state index contributed by atoms with van der Waals surface area (Å²) >= 11 is 0. The van der Waals surface area contributed by atoms with E-state index in [-0.39, 0.29) is 6.09 Å². The van der Waals surface area contributed by atoms with Crippen LogP contribution < -0.4 is 0 Å². The summed E-state index contributed by atoms with van der Waals surface area (Å²) in [7, 11) is 3.20. The Morgan fingerprint density at radius 2 is 2.00 bits per heavy atom. The molecular formula is C12H23NO4. The number of rotatable bonds is 3. The number of hydrogen-bond acceptors (Lipinski definition) is 4. The summed E-state index contributed by atoms with van der Waals surface area (Å²) in [6.45, 7) is 6.57. The van der Waals surface area contributed by atoms with Crippen molar-refractivity contribution in [3.8, 4) is 0 Å². The fraction of sp³-hybridized carbons (Fsp3) is 0.917. The molecule has 0 bridgehead atoms. The molecule has 100 valence electrons. The third-order valence-electron chi connectivity index (χ3n) is 2.80. The Morgan fingerprint density at radius 3 is 2.47 bits per heavy atom. The summed E-state index contributed by atoms with van der Waals surface area (Å²) in [6.07, 6.45) is 1.33. The van der Waals surface area contributed by atoms with E-state index in [0.717, 1.165) is 12.8 Å². The largest absolute Gasteiger partial charge is 0.444 e. The third kappa shape index (κ3) is 3.33. The van der Waals surface area contributed by atoms with Crippen LogP contribution in [-0.2, 0) is 14.2 Å². The van der Waals surface area contributed by atoms with E-state index in [0.29, 0.717) is 13.2 Å². The van der Waals surface area contributed by atoms with E-state index >= 15 is 0 Å². The average molecular weight is 245 g/mol. The van der Waals surface area contributed by atoms with Crippen LogP contribution in [0.1, 0.15) is 33.6 Å². The molecule has 1 aliphatic heterocycles. The first-order chi connectivity index (χ1) is 7.84. The van der Waals surface area contributed by atoms with E-state index in [2.05, 4.69) is 0 Å². The maximum absolute atomic E-state index is 12.1. The standard InChI is InChI=1S/C12H23NO4/c1-11(2,3)17-10(14)13-8-6-7-12(13,16-5)9-15-4/h6-9H2,1-5H3/t12-/m1/s1. The first kappa shape index (κ1) is 14.3. The third-order valence-corrected chi connectivity index (χ3v) is 2.80. The molecule has 5 heteroatoms. The van der Waals surface area contributed by atoms with Crippen LogP contribution in [0.4, 0.5) is 4.79 Å². The van der Waals surface area contributed by atoms with E-state index in [9.17, 15) is 4.79 Å². The predicted octanol–water partition coefficient (Wildman–Crippen LogP) is 2.01. The molecule has 17 heavy (non-hydrogen) atoms. The highest BCUT2D eigenvalue weighted by Crippen LogP contribution is 2.31. The summed E-state index contributed by atoms with van der Waals surface area (Å²) in [4.78, 5) is 13.7. The highest BCUT2D eigenvalue weighted by atomic mass is 16.6. The molecule has 5 nitrogen and oxygen atoms in total. The van der Waals surface area contributed by atoms with Gasteiger partial charge >= 0.3 is 6.09 Å². The second kappa shape index (κ2) is 5.23. The molecule has 1 atom stereocenters. The zero-order chi connectivity index (χ0) is 13.1. The van der Waals surface area contributed by atoms with Crippen molar-refractivity contribution in [3.05, 3.63) is 0 Å². The van der Waals surface area contributed by atoms with Gasteiger partial charge in [-0.05, 0) is 33.6 Å². The van der Waals surface area contributed by atoms with Gasteiger partial charge in [0, 0.05) is 20.8 Å². The number of ether oxygens (including phenoxy) is 3. The van der Waals surface area contributed by atoms with Gasteiger partial charge in [-0.2, -0.15) is 0 Å². The van der Waals surface area contributed by atoms with Crippen LogP contribution in [0.15, 0.2) is 0 Å². The number of hydrogen-bond donors (Lipinski definition) is 0. The Morgan fingerprint density at radius 1 is 1.35 bits per heavy atom. The number of amides is 1. The van der Waals surface area contributed by atoms with Crippen LogP contribution in [0.2, 0.25) is 0 Å². The summed E-state index contributed by atoms with van der Waals surface area (Å²) < 4.78 is 16.0. The molecule has 1 rings (SSSR count). The zero-order valence-corrected chi connectivity index (χ0v) is 11.4. The van der Waals surface area contributed by atoms with Gasteiger partial charge in [0.2, 0.25) is 0 Å². The normalized spacial score (nSPS) is 25.1. The number of nitrogens with zero attached hydrogens (tertiary/aromatic N) is 1. The molecule has 0 spiro atoms. The Balaban J connectivity index is 2.77. The lowest BCUT2D eigenvalue weighted by Crippen LogP contribution is -2.53. The van der Waals surface area contributed by atoms with Crippen molar-refractivity contribution in [1.82, 2.24) is 4.90 Å². The van der Waals surface area contributed by atoms with Gasteiger partial charge < -0.3 is 14.2 Å². The van der Waals surface area contributed by atoms with Crippen molar-refractivity contribution >= 4 is 6.09 Å². The van der Waals surface area contributed by atoms with Crippen molar-refractivity contribution in [2.24, 2.45) is 0 Å². The average Bonchev–Trinajstić information content (AvgIpc) is 2.60. The summed E-state index contributed by atoms with van der Waals surface area (Å²) in [5.41, 5.74) is -1.16. The van der Waals surface area contributed by atoms with E-state index in [1.807, 2.05) is 20.8 Å². The smallest absolute Gasteiger partial charge is 0.412 e. The van der Waals surface area contributed by atoms with Crippen molar-refractivity contribution in [2.75, 3.05) is 27.4 Å². The molecule has 0 saturated carbocycles. The molecule has 1 fully saturated rings. The fourth-order valence-electron chi connectivity index (χ4n) is 2.07. The summed E-state index contributed by atoms with van der Waals surface area (Å²) in [6, 6.07) is 0. The number of methoxy groups -OCH3 is 2. The lowest BCUT2D eigenvalue weighted by atomic mass is 10.1. The van der Waals surface area contributed by atoms with Crippen LogP contribution in [-0.4, -0.2) is 49.7 Å². The Hall–Kier alpha value is -0.810. The minimum atomic E-state index is -0.670. The van der Waals surface area contributed by atoms with E-state index in [4.69, 9.17) is 14.2 Å². The van der Waals surface area contributed by atoms with Crippen molar-refractivity contribution in [1.29, 1.82) is 0 Å². The number of carbonyl (C=O) groups excluding carboxylic acids is 1. The van der Waals surface area contributed by atoms with Crippen LogP contribution >= 0.6 is 0 Å². The van der Waals surface area contributed by atoms with E-state index < -0.39 is 11.3 Å². The lowest BCUT2D eigenvalue weighted by molar-refractivity contribution is -0.142.